The van der Waals surface area contributed by atoms with Crippen LogP contribution in [0.5, 0.6) is 0 Å². The zero-order valence-corrected chi connectivity index (χ0v) is 51.4. The van der Waals surface area contributed by atoms with Gasteiger partial charge in [-0.1, -0.05) is 90.5 Å². The summed E-state index contributed by atoms with van der Waals surface area (Å²) in [5.41, 5.74) is 6.24. The van der Waals surface area contributed by atoms with Crippen molar-refractivity contribution in [2.24, 2.45) is 0 Å². The Labute approximate surface area is 527 Å². The van der Waals surface area contributed by atoms with E-state index in [4.69, 9.17) is 47.4 Å². The monoisotopic (exact) mass is 1260 g/mol. The quantitative estimate of drug-likeness (QED) is 0.0328. The highest BCUT2D eigenvalue weighted by molar-refractivity contribution is 8.77. The molecular weight excluding hydrogens is 1200 g/mol. The number of hydrogen-bond acceptors (Lipinski definition) is 20. The Morgan fingerprint density at radius 1 is 0.341 bits per heavy atom. The molecule has 0 N–H and O–H groups in total. The molecule has 0 fully saturated rings. The van der Waals surface area contributed by atoms with Gasteiger partial charge in [0.2, 0.25) is 0 Å². The lowest BCUT2D eigenvalue weighted by atomic mass is 10.0. The van der Waals surface area contributed by atoms with Crippen molar-refractivity contribution in [3.8, 4) is 47.4 Å². The van der Waals surface area contributed by atoms with Crippen molar-refractivity contribution in [3.05, 3.63) is 211 Å². The Morgan fingerprint density at radius 2 is 0.580 bits per heavy atom. The van der Waals surface area contributed by atoms with Crippen molar-refractivity contribution < 1.29 is 76.1 Å². The molecule has 7 aliphatic heterocycles. The van der Waals surface area contributed by atoms with Crippen LogP contribution in [0.25, 0.3) is 0 Å². The number of rotatable bonds is 14. The summed E-state index contributed by atoms with van der Waals surface area (Å²) in [6.07, 6.45) is 0. The summed E-state index contributed by atoms with van der Waals surface area (Å²) in [7, 11) is 9.04. The van der Waals surface area contributed by atoms with Crippen LogP contribution in [0, 0.1) is 47.4 Å². The summed E-state index contributed by atoms with van der Waals surface area (Å²) < 4.78 is 53.8. The highest BCUT2D eigenvalue weighted by Gasteiger charge is 2.15. The molecule has 13 rings (SSSR count). The normalized spacial score (nSPS) is 13.7. The maximum absolute atomic E-state index is 13.2. The smallest absolute Gasteiger partial charge is 0.338 e. The number of esters is 6. The van der Waals surface area contributed by atoms with Crippen LogP contribution < -0.4 is 0 Å². The van der Waals surface area contributed by atoms with E-state index in [1.807, 2.05) is 0 Å². The Hall–Kier alpha value is -8.38. The fourth-order valence-electron chi connectivity index (χ4n) is 7.40. The summed E-state index contributed by atoms with van der Waals surface area (Å²) in [5.74, 6) is 23.6. The molecule has 0 amide bonds. The Balaban J connectivity index is 1.01. The molecule has 7 heterocycles. The molecule has 88 heavy (non-hydrogen) atoms. The maximum atomic E-state index is 13.2. The number of carbonyl (C=O) groups excluding carboxylic acids is 6. The molecular formula is C68H60O16S4. The Kier molecular flexibility index (Phi) is 29.0. The molecule has 0 aliphatic carbocycles. The van der Waals surface area contributed by atoms with Gasteiger partial charge in [0.1, 0.15) is 39.6 Å². The molecule has 12 bridgehead atoms. The minimum atomic E-state index is -0.584. The lowest BCUT2D eigenvalue weighted by molar-refractivity contribution is 0.0209. The average molecular weight is 1260 g/mol. The van der Waals surface area contributed by atoms with E-state index in [0.29, 0.717) is 116 Å². The van der Waals surface area contributed by atoms with Crippen LogP contribution >= 0.6 is 43.2 Å². The van der Waals surface area contributed by atoms with Gasteiger partial charge < -0.3 is 47.4 Å². The lowest BCUT2D eigenvalue weighted by Gasteiger charge is -2.07. The molecule has 0 unspecified atom stereocenters. The third-order valence-electron chi connectivity index (χ3n) is 11.8. The van der Waals surface area contributed by atoms with Gasteiger partial charge in [0.15, 0.2) is 0 Å². The summed E-state index contributed by atoms with van der Waals surface area (Å²) in [5, 5.41) is 0. The summed E-state index contributed by atoms with van der Waals surface area (Å²) in [4.78, 5) is 78.0. The first-order chi connectivity index (χ1) is 43.0. The van der Waals surface area contributed by atoms with Gasteiger partial charge in [-0.15, -0.1) is 0 Å². The highest BCUT2D eigenvalue weighted by Crippen LogP contribution is 2.23. The molecule has 6 aromatic rings. The van der Waals surface area contributed by atoms with Crippen molar-refractivity contribution in [2.75, 3.05) is 117 Å². The third-order valence-corrected chi connectivity index (χ3v) is 16.4. The van der Waals surface area contributed by atoms with Crippen LogP contribution in [0.1, 0.15) is 107 Å². The predicted molar refractivity (Wildman–Crippen MR) is 339 cm³/mol. The van der Waals surface area contributed by atoms with Crippen LogP contribution in [0.3, 0.4) is 0 Å². The standard InChI is InChI=1S/C68H60O16S4/c1-75-27-29-77-31-33-79-67(73)61-45-53-7-3-49-11-19-57(20-12-49)63(69)81-35-39-85-87-41-37-83-65(71)59-23-15-51(16-24-59)5-9-55-44-56(48-62(47-55)68(74)80-34-32-78-30-28-76-2)10-6-52-17-25-60(26-18-52)66(72)84-38-42-88-86-40-36-82-64(70)58-21-13-50(14-22-58)4-8-54(43-53)46-61/h11-26,43-48H,27-42H2,1-2H3. The van der Waals surface area contributed by atoms with Crippen molar-refractivity contribution in [3.63, 3.8) is 0 Å². The molecule has 0 radical (unpaired) electrons. The first-order valence-corrected chi connectivity index (χ1v) is 32.4. The summed E-state index contributed by atoms with van der Waals surface area (Å²) >= 11 is 0. The van der Waals surface area contributed by atoms with E-state index in [9.17, 15) is 28.8 Å². The second-order valence-electron chi connectivity index (χ2n) is 18.2. The summed E-state index contributed by atoms with van der Waals surface area (Å²) in [6.45, 7) is 2.60. The van der Waals surface area contributed by atoms with Gasteiger partial charge in [0.25, 0.3) is 0 Å². The van der Waals surface area contributed by atoms with Gasteiger partial charge in [0, 0.05) is 81.7 Å². The van der Waals surface area contributed by atoms with Crippen LogP contribution in [-0.4, -0.2) is 152 Å². The largest absolute Gasteiger partial charge is 0.461 e. The zero-order chi connectivity index (χ0) is 62.0. The van der Waals surface area contributed by atoms with Crippen molar-refractivity contribution >= 4 is 79.0 Å². The molecule has 0 saturated carbocycles. The topological polar surface area (TPSA) is 195 Å². The van der Waals surface area contributed by atoms with Crippen molar-refractivity contribution in [1.29, 1.82) is 0 Å². The van der Waals surface area contributed by atoms with E-state index in [2.05, 4.69) is 47.4 Å². The second-order valence-corrected chi connectivity index (χ2v) is 23.6. The van der Waals surface area contributed by atoms with Gasteiger partial charge in [-0.3, -0.25) is 0 Å². The lowest BCUT2D eigenvalue weighted by Crippen LogP contribution is -2.13. The van der Waals surface area contributed by atoms with Crippen LogP contribution in [0.4, 0.5) is 0 Å². The molecule has 6 aromatic carbocycles. The van der Waals surface area contributed by atoms with Gasteiger partial charge >= 0.3 is 35.8 Å². The van der Waals surface area contributed by atoms with Crippen molar-refractivity contribution in [2.45, 2.75) is 0 Å². The first-order valence-electron chi connectivity index (χ1n) is 27.5. The molecule has 16 nitrogen and oxygen atoms in total. The van der Waals surface area contributed by atoms with E-state index >= 15 is 0 Å². The minimum absolute atomic E-state index is 0.0259. The van der Waals surface area contributed by atoms with E-state index < -0.39 is 35.8 Å². The van der Waals surface area contributed by atoms with Crippen molar-refractivity contribution in [1.82, 2.24) is 0 Å². The number of hydrogen-bond donors (Lipinski definition) is 0. The molecule has 0 aromatic heterocycles. The van der Waals surface area contributed by atoms with Crippen LogP contribution in [0.15, 0.2) is 133 Å². The number of carbonyl (C=O) groups is 6. The average Bonchev–Trinajstić information content (AvgIpc) is 3.73. The predicted octanol–water partition coefficient (Wildman–Crippen LogP) is 10.0. The van der Waals surface area contributed by atoms with Gasteiger partial charge in [-0.25, -0.2) is 28.8 Å². The van der Waals surface area contributed by atoms with Gasteiger partial charge in [0.05, 0.1) is 73.0 Å². The Bertz CT molecular complexity index is 3160. The molecule has 0 atom stereocenters. The van der Waals surface area contributed by atoms with E-state index in [1.165, 1.54) is 43.2 Å². The minimum Gasteiger partial charge on any atom is -0.461 e. The SMILES string of the molecule is COCCOCCOC(=O)c1cc2cc(c1)C#Cc1ccc(cc1)C(=O)OCCSSCCOC(=O)c1ccc(cc1)C#Cc1cc(cc(C(=O)OCCOCCOC)c1)C#Cc1ccc(cc1)C(=O)OCCSSCCOC(=O)c1ccc(cc1)C#C2. The summed E-state index contributed by atoms with van der Waals surface area (Å²) in [6, 6.07) is 36.5. The van der Waals surface area contributed by atoms with E-state index in [0.717, 1.165) is 0 Å². The maximum Gasteiger partial charge on any atom is 0.338 e. The van der Waals surface area contributed by atoms with Gasteiger partial charge in [-0.2, -0.15) is 0 Å². The first kappa shape index (κ1) is 67.1. The number of benzene rings is 6. The molecule has 0 spiro atoms. The van der Waals surface area contributed by atoms with Crippen LogP contribution in [0.2, 0.25) is 0 Å². The fraction of sp³-hybridized carbons (Fsp3) is 0.265. The fourth-order valence-corrected chi connectivity index (χ4v) is 10.7. The molecule has 20 heteroatoms. The van der Waals surface area contributed by atoms with E-state index in [-0.39, 0.29) is 64.0 Å². The number of methoxy groups -OCH3 is 2. The number of ether oxygens (including phenoxy) is 10. The molecule has 452 valence electrons. The van der Waals surface area contributed by atoms with Crippen LogP contribution in [-0.2, 0) is 47.4 Å². The third kappa shape index (κ3) is 24.1. The highest BCUT2D eigenvalue weighted by atomic mass is 33.1. The zero-order valence-electron chi connectivity index (χ0n) is 48.2. The van der Waals surface area contributed by atoms with E-state index in [1.54, 1.807) is 148 Å². The van der Waals surface area contributed by atoms with Gasteiger partial charge in [-0.05, 0) is 133 Å². The second kappa shape index (κ2) is 38.0. The Morgan fingerprint density at radius 3 is 0.830 bits per heavy atom. The molecule has 7 aliphatic rings. The molecule has 0 saturated heterocycles.